The van der Waals surface area contributed by atoms with Crippen molar-refractivity contribution < 1.29 is 14.7 Å². The summed E-state index contributed by atoms with van der Waals surface area (Å²) < 4.78 is 0. The minimum Gasteiger partial charge on any atom is -0.480 e. The van der Waals surface area contributed by atoms with E-state index < -0.39 is 24.0 Å². The number of hydrogen-bond acceptors (Lipinski definition) is 4. The van der Waals surface area contributed by atoms with Crippen LogP contribution in [0.15, 0.2) is 35.5 Å². The van der Waals surface area contributed by atoms with E-state index in [1.165, 1.54) is 0 Å². The van der Waals surface area contributed by atoms with Crippen LogP contribution >= 0.6 is 0 Å². The molecule has 0 aliphatic rings. The summed E-state index contributed by atoms with van der Waals surface area (Å²) in [6.45, 7) is 3.73. The van der Waals surface area contributed by atoms with Crippen molar-refractivity contribution in [2.45, 2.75) is 38.8 Å². The Hall–Kier alpha value is -2.24. The van der Waals surface area contributed by atoms with E-state index in [-0.39, 0.29) is 12.3 Å². The first-order valence-corrected chi connectivity index (χ1v) is 6.83. The molecule has 6 nitrogen and oxygen atoms in total. The molecule has 0 aliphatic carbocycles. The van der Waals surface area contributed by atoms with Crippen LogP contribution in [0.2, 0.25) is 0 Å². The number of rotatable bonds is 8. The second-order valence-electron chi connectivity index (χ2n) is 5.34. The number of carboxylic acid groups (broad SMARTS) is 1. The molecule has 0 spiro atoms. The summed E-state index contributed by atoms with van der Waals surface area (Å²) in [6, 6.07) is 6.86. The highest BCUT2D eigenvalue weighted by atomic mass is 16.4. The Bertz CT molecular complexity index is 488. The number of aliphatic carboxylic acids is 1. The highest BCUT2D eigenvalue weighted by Crippen LogP contribution is 2.09. The summed E-state index contributed by atoms with van der Waals surface area (Å²) in [5.74, 6) is -1.65. The number of carboxylic acids is 1. The third kappa shape index (κ3) is 5.72. The van der Waals surface area contributed by atoms with E-state index in [1.54, 1.807) is 24.3 Å². The zero-order valence-electron chi connectivity index (χ0n) is 12.2. The van der Waals surface area contributed by atoms with Crippen molar-refractivity contribution in [1.29, 1.82) is 0 Å². The molecule has 1 rings (SSSR count). The second-order valence-corrected chi connectivity index (χ2v) is 5.34. The molecule has 0 radical (unpaired) electrons. The zero-order valence-corrected chi connectivity index (χ0v) is 12.2. The minimum absolute atomic E-state index is 0.121. The molecular formula is C15H20N2O4. The number of carbonyl (C=O) groups is 2. The minimum atomic E-state index is -1.14. The molecule has 0 saturated heterocycles. The van der Waals surface area contributed by atoms with Crippen molar-refractivity contribution in [2.75, 3.05) is 0 Å². The number of benzene rings is 1. The number of nitroso groups, excluding NO2 is 1. The van der Waals surface area contributed by atoms with E-state index in [4.69, 9.17) is 0 Å². The van der Waals surface area contributed by atoms with Crippen LogP contribution in [-0.2, 0) is 16.0 Å². The van der Waals surface area contributed by atoms with E-state index in [0.29, 0.717) is 6.42 Å². The standard InChI is InChI=1S/C15H20N2O4/c1-10(2)8-12(17-21)14(18)16-13(15(19)20)9-11-6-4-3-5-7-11/h3-7,10,12-13H,8-9H2,1-2H3,(H,16,18)(H,19,20)/t12?,13-/m0/s1. The monoisotopic (exact) mass is 292 g/mol. The van der Waals surface area contributed by atoms with Gasteiger partial charge in [-0.1, -0.05) is 49.4 Å². The van der Waals surface area contributed by atoms with Crippen LogP contribution in [-0.4, -0.2) is 29.1 Å². The fourth-order valence-electron chi connectivity index (χ4n) is 1.96. The van der Waals surface area contributed by atoms with Crippen molar-refractivity contribution >= 4 is 11.9 Å². The first-order chi connectivity index (χ1) is 9.93. The molecule has 114 valence electrons. The van der Waals surface area contributed by atoms with Gasteiger partial charge in [0.1, 0.15) is 6.04 Å². The number of hydrogen-bond donors (Lipinski definition) is 2. The Kier molecular flexibility index (Phi) is 6.52. The lowest BCUT2D eigenvalue weighted by molar-refractivity contribution is -0.142. The first-order valence-electron chi connectivity index (χ1n) is 6.83. The van der Waals surface area contributed by atoms with Crippen LogP contribution in [0.5, 0.6) is 0 Å². The van der Waals surface area contributed by atoms with Crippen LogP contribution in [0.1, 0.15) is 25.8 Å². The highest BCUT2D eigenvalue weighted by Gasteiger charge is 2.26. The molecule has 1 aromatic carbocycles. The Morgan fingerprint density at radius 3 is 2.33 bits per heavy atom. The van der Waals surface area contributed by atoms with Crippen molar-refractivity contribution in [1.82, 2.24) is 5.32 Å². The SMILES string of the molecule is CC(C)CC(N=O)C(=O)N[C@@H](Cc1ccccc1)C(=O)O. The van der Waals surface area contributed by atoms with Crippen molar-refractivity contribution in [3.05, 3.63) is 40.8 Å². The highest BCUT2D eigenvalue weighted by molar-refractivity contribution is 5.87. The Labute approximate surface area is 123 Å². The van der Waals surface area contributed by atoms with Gasteiger partial charge >= 0.3 is 5.97 Å². The molecule has 0 heterocycles. The van der Waals surface area contributed by atoms with Gasteiger partial charge in [0.2, 0.25) is 5.91 Å². The van der Waals surface area contributed by atoms with Gasteiger partial charge in [-0.25, -0.2) is 4.79 Å². The maximum Gasteiger partial charge on any atom is 0.326 e. The van der Waals surface area contributed by atoms with Gasteiger partial charge in [-0.2, -0.15) is 0 Å². The largest absolute Gasteiger partial charge is 0.480 e. The summed E-state index contributed by atoms with van der Waals surface area (Å²) in [6.07, 6.45) is 0.460. The summed E-state index contributed by atoms with van der Waals surface area (Å²) >= 11 is 0. The third-order valence-electron chi connectivity index (χ3n) is 3.02. The summed E-state index contributed by atoms with van der Waals surface area (Å²) in [5, 5.41) is 14.4. The lowest BCUT2D eigenvalue weighted by Gasteiger charge is -2.17. The Balaban J connectivity index is 2.71. The smallest absolute Gasteiger partial charge is 0.326 e. The van der Waals surface area contributed by atoms with Gasteiger partial charge in [0, 0.05) is 6.42 Å². The molecule has 0 bridgehead atoms. The lowest BCUT2D eigenvalue weighted by Crippen LogP contribution is -2.46. The van der Waals surface area contributed by atoms with Crippen molar-refractivity contribution in [2.24, 2.45) is 11.1 Å². The molecule has 1 unspecified atom stereocenters. The molecule has 2 atom stereocenters. The van der Waals surface area contributed by atoms with Crippen LogP contribution < -0.4 is 5.32 Å². The maximum atomic E-state index is 11.9. The van der Waals surface area contributed by atoms with Crippen molar-refractivity contribution in [3.8, 4) is 0 Å². The second kappa shape index (κ2) is 8.14. The normalized spacial score (nSPS) is 13.5. The molecule has 2 N–H and O–H groups in total. The predicted molar refractivity (Wildman–Crippen MR) is 78.8 cm³/mol. The summed E-state index contributed by atoms with van der Waals surface area (Å²) in [5.41, 5.74) is 0.796. The van der Waals surface area contributed by atoms with E-state index in [0.717, 1.165) is 5.56 Å². The van der Waals surface area contributed by atoms with E-state index >= 15 is 0 Å². The van der Waals surface area contributed by atoms with Gasteiger partial charge in [0.05, 0.1) is 0 Å². The van der Waals surface area contributed by atoms with Crippen LogP contribution in [0.3, 0.4) is 0 Å². The molecule has 0 aliphatic heterocycles. The van der Waals surface area contributed by atoms with Crippen molar-refractivity contribution in [3.63, 3.8) is 0 Å². The van der Waals surface area contributed by atoms with Crippen LogP contribution in [0.4, 0.5) is 0 Å². The number of nitrogens with zero attached hydrogens (tertiary/aromatic N) is 1. The molecule has 21 heavy (non-hydrogen) atoms. The van der Waals surface area contributed by atoms with Gasteiger partial charge in [-0.05, 0) is 17.9 Å². The Morgan fingerprint density at radius 1 is 1.24 bits per heavy atom. The third-order valence-corrected chi connectivity index (χ3v) is 3.02. The molecule has 0 aromatic heterocycles. The molecule has 1 amide bonds. The molecule has 6 heteroatoms. The summed E-state index contributed by atoms with van der Waals surface area (Å²) in [7, 11) is 0. The average molecular weight is 292 g/mol. The van der Waals surface area contributed by atoms with Gasteiger partial charge in [0.15, 0.2) is 6.04 Å². The van der Waals surface area contributed by atoms with Gasteiger partial charge in [-0.15, -0.1) is 4.91 Å². The maximum absolute atomic E-state index is 11.9. The van der Waals surface area contributed by atoms with Crippen LogP contribution in [0, 0.1) is 10.8 Å². The number of nitrogens with one attached hydrogen (secondary N) is 1. The summed E-state index contributed by atoms with van der Waals surface area (Å²) in [4.78, 5) is 33.9. The van der Waals surface area contributed by atoms with Gasteiger partial charge in [-0.3, -0.25) is 4.79 Å². The average Bonchev–Trinajstić information content (AvgIpc) is 2.44. The fraction of sp³-hybridized carbons (Fsp3) is 0.467. The van der Waals surface area contributed by atoms with E-state index in [1.807, 2.05) is 19.9 Å². The first kappa shape index (κ1) is 16.8. The number of carbonyl (C=O) groups excluding carboxylic acids is 1. The van der Waals surface area contributed by atoms with Gasteiger partial charge in [0.25, 0.3) is 0 Å². The molecule has 1 aromatic rings. The zero-order chi connectivity index (χ0) is 15.8. The fourth-order valence-corrected chi connectivity index (χ4v) is 1.96. The van der Waals surface area contributed by atoms with E-state index in [2.05, 4.69) is 10.5 Å². The van der Waals surface area contributed by atoms with E-state index in [9.17, 15) is 19.6 Å². The topological polar surface area (TPSA) is 95.8 Å². The molecular weight excluding hydrogens is 272 g/mol. The quantitative estimate of drug-likeness (QED) is 0.716. The lowest BCUT2D eigenvalue weighted by atomic mass is 10.0. The van der Waals surface area contributed by atoms with Gasteiger partial charge < -0.3 is 10.4 Å². The molecule has 0 saturated carbocycles. The van der Waals surface area contributed by atoms with Crippen LogP contribution in [0.25, 0.3) is 0 Å². The molecule has 0 fully saturated rings. The number of amides is 1. The Morgan fingerprint density at radius 2 is 1.86 bits per heavy atom. The predicted octanol–water partition coefficient (Wildman–Crippen LogP) is 1.98.